The van der Waals surface area contributed by atoms with E-state index in [1.165, 1.54) is 36.7 Å². The van der Waals surface area contributed by atoms with Gasteiger partial charge < -0.3 is 9.47 Å². The highest BCUT2D eigenvalue weighted by molar-refractivity contribution is 7.89. The van der Waals surface area contributed by atoms with Gasteiger partial charge in [-0.2, -0.15) is 4.31 Å². The number of sulfonamides is 1. The second-order valence-corrected chi connectivity index (χ2v) is 5.85. The number of esters is 1. The van der Waals surface area contributed by atoms with Gasteiger partial charge in [0, 0.05) is 13.1 Å². The SMILES string of the molecule is CCN(CC)S(=O)(=O)c1cc(C(=O)OC)ccc1OC. The van der Waals surface area contributed by atoms with Crippen molar-refractivity contribution >= 4 is 16.0 Å². The molecule has 0 unspecified atom stereocenters. The van der Waals surface area contributed by atoms with Crippen molar-refractivity contribution in [1.82, 2.24) is 4.31 Å². The monoisotopic (exact) mass is 301 g/mol. The summed E-state index contributed by atoms with van der Waals surface area (Å²) in [7, 11) is -1.08. The Hall–Kier alpha value is -1.60. The quantitative estimate of drug-likeness (QED) is 0.745. The molecule has 0 saturated carbocycles. The van der Waals surface area contributed by atoms with Crippen LogP contribution in [0.2, 0.25) is 0 Å². The zero-order valence-electron chi connectivity index (χ0n) is 12.0. The number of benzene rings is 1. The Bertz CT molecular complexity index is 578. The molecule has 1 aromatic carbocycles. The van der Waals surface area contributed by atoms with E-state index >= 15 is 0 Å². The van der Waals surface area contributed by atoms with Crippen LogP contribution in [0.5, 0.6) is 5.75 Å². The molecule has 0 aliphatic heterocycles. The van der Waals surface area contributed by atoms with Crippen LogP contribution in [0.3, 0.4) is 0 Å². The van der Waals surface area contributed by atoms with E-state index in [0.29, 0.717) is 13.1 Å². The molecular weight excluding hydrogens is 282 g/mol. The van der Waals surface area contributed by atoms with Crippen molar-refractivity contribution < 1.29 is 22.7 Å². The molecule has 0 fully saturated rings. The van der Waals surface area contributed by atoms with Crippen molar-refractivity contribution in [2.75, 3.05) is 27.3 Å². The first kappa shape index (κ1) is 16.5. The van der Waals surface area contributed by atoms with Crippen LogP contribution in [0, 0.1) is 0 Å². The largest absolute Gasteiger partial charge is 0.495 e. The number of nitrogens with zero attached hydrogens (tertiary/aromatic N) is 1. The zero-order chi connectivity index (χ0) is 15.3. The molecule has 0 N–H and O–H groups in total. The van der Waals surface area contributed by atoms with Crippen molar-refractivity contribution in [2.24, 2.45) is 0 Å². The molecule has 0 bridgehead atoms. The number of ether oxygens (including phenoxy) is 2. The number of methoxy groups -OCH3 is 2. The maximum absolute atomic E-state index is 12.5. The molecule has 0 aromatic heterocycles. The smallest absolute Gasteiger partial charge is 0.337 e. The molecule has 20 heavy (non-hydrogen) atoms. The summed E-state index contributed by atoms with van der Waals surface area (Å²) >= 11 is 0. The maximum Gasteiger partial charge on any atom is 0.337 e. The van der Waals surface area contributed by atoms with Gasteiger partial charge >= 0.3 is 5.97 Å². The van der Waals surface area contributed by atoms with Crippen LogP contribution < -0.4 is 4.74 Å². The second kappa shape index (κ2) is 6.71. The standard InChI is InChI=1S/C13H19NO5S/c1-5-14(6-2)20(16,17)12-9-10(13(15)19-4)7-8-11(12)18-3/h7-9H,5-6H2,1-4H3. The van der Waals surface area contributed by atoms with Crippen molar-refractivity contribution in [3.8, 4) is 5.75 Å². The lowest BCUT2D eigenvalue weighted by Crippen LogP contribution is -2.31. The molecule has 0 radical (unpaired) electrons. The third kappa shape index (κ3) is 3.10. The summed E-state index contributed by atoms with van der Waals surface area (Å²) in [4.78, 5) is 11.5. The van der Waals surface area contributed by atoms with Gasteiger partial charge in [0.2, 0.25) is 10.0 Å². The van der Waals surface area contributed by atoms with Crippen LogP contribution in [-0.2, 0) is 14.8 Å². The fraction of sp³-hybridized carbons (Fsp3) is 0.462. The highest BCUT2D eigenvalue weighted by Crippen LogP contribution is 2.28. The summed E-state index contributed by atoms with van der Waals surface area (Å²) in [5.41, 5.74) is 0.166. The van der Waals surface area contributed by atoms with Crippen molar-refractivity contribution in [2.45, 2.75) is 18.7 Å². The lowest BCUT2D eigenvalue weighted by Gasteiger charge is -2.20. The maximum atomic E-state index is 12.5. The molecule has 0 amide bonds. The number of rotatable bonds is 6. The summed E-state index contributed by atoms with van der Waals surface area (Å²) in [6.45, 7) is 4.17. The van der Waals surface area contributed by atoms with E-state index in [1.54, 1.807) is 13.8 Å². The summed E-state index contributed by atoms with van der Waals surface area (Å²) in [5.74, 6) is -0.395. The highest BCUT2D eigenvalue weighted by atomic mass is 32.2. The van der Waals surface area contributed by atoms with E-state index in [4.69, 9.17) is 4.74 Å². The molecule has 6 nitrogen and oxygen atoms in total. The number of hydrogen-bond donors (Lipinski definition) is 0. The number of carbonyl (C=O) groups excluding carboxylic acids is 1. The predicted octanol–water partition coefficient (Wildman–Crippen LogP) is 1.51. The van der Waals surface area contributed by atoms with Gasteiger partial charge in [-0.15, -0.1) is 0 Å². The third-order valence-corrected chi connectivity index (χ3v) is 4.98. The van der Waals surface area contributed by atoms with Crippen molar-refractivity contribution in [3.05, 3.63) is 23.8 Å². The normalized spacial score (nSPS) is 11.4. The number of hydrogen-bond acceptors (Lipinski definition) is 5. The lowest BCUT2D eigenvalue weighted by molar-refractivity contribution is 0.0600. The molecule has 0 heterocycles. The molecule has 0 atom stereocenters. The first-order valence-corrected chi connectivity index (χ1v) is 7.62. The Kier molecular flexibility index (Phi) is 5.52. The molecule has 1 aromatic rings. The van der Waals surface area contributed by atoms with Gasteiger partial charge in [0.05, 0.1) is 19.8 Å². The second-order valence-electron chi connectivity index (χ2n) is 3.95. The van der Waals surface area contributed by atoms with Crippen LogP contribution in [0.1, 0.15) is 24.2 Å². The lowest BCUT2D eigenvalue weighted by atomic mass is 10.2. The van der Waals surface area contributed by atoms with Crippen LogP contribution in [-0.4, -0.2) is 46.0 Å². The summed E-state index contributed by atoms with van der Waals surface area (Å²) in [5, 5.41) is 0. The fourth-order valence-electron chi connectivity index (χ4n) is 1.83. The van der Waals surface area contributed by atoms with Gasteiger partial charge in [-0.3, -0.25) is 0 Å². The van der Waals surface area contributed by atoms with Gasteiger partial charge in [0.1, 0.15) is 10.6 Å². The minimum Gasteiger partial charge on any atom is -0.495 e. The van der Waals surface area contributed by atoms with Gasteiger partial charge in [-0.05, 0) is 18.2 Å². The van der Waals surface area contributed by atoms with Gasteiger partial charge in [0.25, 0.3) is 0 Å². The van der Waals surface area contributed by atoms with Gasteiger partial charge in [0.15, 0.2) is 0 Å². The average Bonchev–Trinajstić information content (AvgIpc) is 2.46. The first-order chi connectivity index (χ1) is 9.42. The Morgan fingerprint density at radius 3 is 2.25 bits per heavy atom. The van der Waals surface area contributed by atoms with Crippen LogP contribution >= 0.6 is 0 Å². The van der Waals surface area contributed by atoms with E-state index in [2.05, 4.69) is 4.74 Å². The molecule has 112 valence electrons. The van der Waals surface area contributed by atoms with Crippen LogP contribution in [0.25, 0.3) is 0 Å². The number of carbonyl (C=O) groups is 1. The van der Waals surface area contributed by atoms with E-state index < -0.39 is 16.0 Å². The molecule has 0 saturated heterocycles. The Morgan fingerprint density at radius 1 is 1.20 bits per heavy atom. The fourth-order valence-corrected chi connectivity index (χ4v) is 3.47. The highest BCUT2D eigenvalue weighted by Gasteiger charge is 2.26. The van der Waals surface area contributed by atoms with E-state index in [-0.39, 0.29) is 16.2 Å². The Balaban J connectivity index is 3.44. The van der Waals surface area contributed by atoms with Crippen molar-refractivity contribution in [3.63, 3.8) is 0 Å². The third-order valence-electron chi connectivity index (χ3n) is 2.91. The summed E-state index contributed by atoms with van der Waals surface area (Å²) < 4.78 is 36.0. The summed E-state index contributed by atoms with van der Waals surface area (Å²) in [6, 6.07) is 4.19. The Labute approximate surface area is 119 Å². The van der Waals surface area contributed by atoms with Gasteiger partial charge in [-0.1, -0.05) is 13.8 Å². The molecule has 0 aliphatic rings. The molecule has 0 aliphatic carbocycles. The van der Waals surface area contributed by atoms with E-state index in [0.717, 1.165) is 0 Å². The molecule has 1 rings (SSSR count). The molecular formula is C13H19NO5S. The van der Waals surface area contributed by atoms with E-state index in [1.807, 2.05) is 0 Å². The average molecular weight is 301 g/mol. The zero-order valence-corrected chi connectivity index (χ0v) is 12.9. The summed E-state index contributed by atoms with van der Waals surface area (Å²) in [6.07, 6.45) is 0. The minimum atomic E-state index is -3.71. The first-order valence-electron chi connectivity index (χ1n) is 6.18. The molecule has 0 spiro atoms. The predicted molar refractivity (Wildman–Crippen MR) is 74.4 cm³/mol. The van der Waals surface area contributed by atoms with Crippen LogP contribution in [0.4, 0.5) is 0 Å². The van der Waals surface area contributed by atoms with Crippen LogP contribution in [0.15, 0.2) is 23.1 Å². The minimum absolute atomic E-state index is 0.0356. The van der Waals surface area contributed by atoms with Gasteiger partial charge in [-0.25, -0.2) is 13.2 Å². The van der Waals surface area contributed by atoms with Crippen molar-refractivity contribution in [1.29, 1.82) is 0 Å². The van der Waals surface area contributed by atoms with E-state index in [9.17, 15) is 13.2 Å². The molecule has 7 heteroatoms. The Morgan fingerprint density at radius 2 is 1.80 bits per heavy atom. The topological polar surface area (TPSA) is 72.9 Å².